The van der Waals surface area contributed by atoms with E-state index in [1.54, 1.807) is 11.3 Å². The Hall–Kier alpha value is -0.320. The third-order valence-corrected chi connectivity index (χ3v) is 2.76. The van der Waals surface area contributed by atoms with E-state index in [0.29, 0.717) is 6.04 Å². The smallest absolute Gasteiger partial charge is 0.182 e. The first-order chi connectivity index (χ1) is 5.95. The molecule has 13 heavy (non-hydrogen) atoms. The van der Waals surface area contributed by atoms with E-state index in [4.69, 9.17) is 0 Å². The molecule has 0 radical (unpaired) electrons. The van der Waals surface area contributed by atoms with Gasteiger partial charge in [0.2, 0.25) is 0 Å². The molecule has 5 heteroatoms. The van der Waals surface area contributed by atoms with Crippen molar-refractivity contribution in [2.24, 2.45) is 0 Å². The maximum absolute atomic E-state index is 4.19. The molecule has 1 unspecified atom stereocenters. The Kier molecular flexibility index (Phi) is 4.48. The van der Waals surface area contributed by atoms with Crippen LogP contribution in [0.3, 0.4) is 0 Å². The summed E-state index contributed by atoms with van der Waals surface area (Å²) in [7, 11) is 0. The zero-order chi connectivity index (χ0) is 8.23. The monoisotopic (exact) mass is 219 g/mol. The van der Waals surface area contributed by atoms with Gasteiger partial charge in [-0.2, -0.15) is 0 Å². The lowest BCUT2D eigenvalue weighted by Crippen LogP contribution is -2.38. The number of piperidine rings is 1. The van der Waals surface area contributed by atoms with Gasteiger partial charge >= 0.3 is 0 Å². The Morgan fingerprint density at radius 3 is 3.15 bits per heavy atom. The minimum Gasteiger partial charge on any atom is -0.358 e. The molecule has 2 heterocycles. The Bertz CT molecular complexity index is 221. The number of rotatable bonds is 2. The summed E-state index contributed by atoms with van der Waals surface area (Å²) in [5.41, 5.74) is 0. The summed E-state index contributed by atoms with van der Waals surface area (Å²) in [5, 5.41) is 9.81. The lowest BCUT2D eigenvalue weighted by molar-refractivity contribution is 0.480. The second-order valence-electron chi connectivity index (χ2n) is 3.02. The molecule has 2 N–H and O–H groups in total. The molecule has 1 fully saturated rings. The zero-order valence-corrected chi connectivity index (χ0v) is 8.96. The highest BCUT2D eigenvalue weighted by atomic mass is 35.5. The fourth-order valence-corrected chi connectivity index (χ4v) is 2.05. The molecule has 1 aliphatic heterocycles. The quantitative estimate of drug-likeness (QED) is 0.796. The predicted molar refractivity (Wildman–Crippen MR) is 58.9 cm³/mol. The van der Waals surface area contributed by atoms with Crippen molar-refractivity contribution in [3.8, 4) is 0 Å². The molecule has 1 aliphatic rings. The Morgan fingerprint density at radius 2 is 2.54 bits per heavy atom. The van der Waals surface area contributed by atoms with Gasteiger partial charge in [0.1, 0.15) is 0 Å². The normalized spacial score (nSPS) is 22.0. The van der Waals surface area contributed by atoms with Gasteiger partial charge in [-0.1, -0.05) is 0 Å². The van der Waals surface area contributed by atoms with E-state index >= 15 is 0 Å². The maximum Gasteiger partial charge on any atom is 0.182 e. The highest BCUT2D eigenvalue weighted by Gasteiger charge is 2.12. The van der Waals surface area contributed by atoms with E-state index in [-0.39, 0.29) is 12.4 Å². The molecular weight excluding hydrogens is 206 g/mol. The van der Waals surface area contributed by atoms with Gasteiger partial charge in [-0.3, -0.25) is 0 Å². The van der Waals surface area contributed by atoms with Gasteiger partial charge in [-0.25, -0.2) is 4.98 Å². The van der Waals surface area contributed by atoms with Gasteiger partial charge in [-0.15, -0.1) is 23.7 Å². The topological polar surface area (TPSA) is 37.0 Å². The highest BCUT2D eigenvalue weighted by Crippen LogP contribution is 2.14. The van der Waals surface area contributed by atoms with Crippen LogP contribution in [0.15, 0.2) is 11.6 Å². The van der Waals surface area contributed by atoms with Crippen molar-refractivity contribution in [3.05, 3.63) is 11.6 Å². The molecule has 1 aromatic heterocycles. The van der Waals surface area contributed by atoms with Crippen molar-refractivity contribution in [3.63, 3.8) is 0 Å². The van der Waals surface area contributed by atoms with E-state index in [1.165, 1.54) is 12.8 Å². The molecule has 1 aromatic rings. The minimum absolute atomic E-state index is 0. The summed E-state index contributed by atoms with van der Waals surface area (Å²) in [4.78, 5) is 4.19. The first-order valence-electron chi connectivity index (χ1n) is 4.32. The minimum atomic E-state index is 0. The molecule has 2 rings (SSSR count). The van der Waals surface area contributed by atoms with Crippen molar-refractivity contribution in [2.45, 2.75) is 18.9 Å². The van der Waals surface area contributed by atoms with Crippen LogP contribution < -0.4 is 10.6 Å². The summed E-state index contributed by atoms with van der Waals surface area (Å²) >= 11 is 1.67. The Morgan fingerprint density at radius 1 is 1.62 bits per heavy atom. The second-order valence-corrected chi connectivity index (χ2v) is 3.92. The number of nitrogens with one attached hydrogen (secondary N) is 2. The molecule has 0 bridgehead atoms. The van der Waals surface area contributed by atoms with Crippen LogP contribution in [-0.4, -0.2) is 24.1 Å². The third-order valence-electron chi connectivity index (χ3n) is 2.06. The highest BCUT2D eigenvalue weighted by molar-refractivity contribution is 7.13. The van der Waals surface area contributed by atoms with Crippen molar-refractivity contribution < 1.29 is 0 Å². The maximum atomic E-state index is 4.19. The predicted octanol–water partition coefficient (Wildman–Crippen LogP) is 1.73. The SMILES string of the molecule is Cl.c1csc(NC2CCCNC2)n1. The molecule has 1 saturated heterocycles. The summed E-state index contributed by atoms with van der Waals surface area (Å²) in [6, 6.07) is 0.574. The Balaban J connectivity index is 0.000000845. The van der Waals surface area contributed by atoms with Gasteiger partial charge < -0.3 is 10.6 Å². The molecule has 0 aromatic carbocycles. The van der Waals surface area contributed by atoms with E-state index in [1.807, 2.05) is 11.6 Å². The molecule has 0 aliphatic carbocycles. The van der Waals surface area contributed by atoms with Crippen LogP contribution in [0.1, 0.15) is 12.8 Å². The van der Waals surface area contributed by atoms with Gasteiger partial charge in [0.25, 0.3) is 0 Å². The average molecular weight is 220 g/mol. The van der Waals surface area contributed by atoms with Crippen LogP contribution in [0, 0.1) is 0 Å². The largest absolute Gasteiger partial charge is 0.358 e. The van der Waals surface area contributed by atoms with Crippen molar-refractivity contribution in [1.82, 2.24) is 10.3 Å². The van der Waals surface area contributed by atoms with Gasteiger partial charge in [0.15, 0.2) is 5.13 Å². The number of hydrogen-bond donors (Lipinski definition) is 2. The third kappa shape index (κ3) is 3.14. The fraction of sp³-hybridized carbons (Fsp3) is 0.625. The summed E-state index contributed by atoms with van der Waals surface area (Å²) in [5.74, 6) is 0. The first kappa shape index (κ1) is 10.8. The molecule has 0 spiro atoms. The van der Waals surface area contributed by atoms with E-state index in [9.17, 15) is 0 Å². The van der Waals surface area contributed by atoms with Crippen LogP contribution >= 0.6 is 23.7 Å². The number of halogens is 1. The van der Waals surface area contributed by atoms with E-state index in [0.717, 1.165) is 18.2 Å². The number of hydrogen-bond acceptors (Lipinski definition) is 4. The van der Waals surface area contributed by atoms with Crippen molar-refractivity contribution in [1.29, 1.82) is 0 Å². The van der Waals surface area contributed by atoms with Crippen LogP contribution in [0.2, 0.25) is 0 Å². The number of anilines is 1. The first-order valence-corrected chi connectivity index (χ1v) is 5.20. The standard InChI is InChI=1S/C8H13N3S.ClH/c1-2-7(6-9-3-1)11-8-10-4-5-12-8;/h4-5,7,9H,1-3,6H2,(H,10,11);1H. The van der Waals surface area contributed by atoms with Crippen LogP contribution in [0.4, 0.5) is 5.13 Å². The fourth-order valence-electron chi connectivity index (χ4n) is 1.44. The summed E-state index contributed by atoms with van der Waals surface area (Å²) < 4.78 is 0. The van der Waals surface area contributed by atoms with Crippen LogP contribution in [0.25, 0.3) is 0 Å². The summed E-state index contributed by atoms with van der Waals surface area (Å²) in [6.07, 6.45) is 4.36. The lowest BCUT2D eigenvalue weighted by Gasteiger charge is -2.23. The average Bonchev–Trinajstić information content (AvgIpc) is 2.59. The molecule has 74 valence electrons. The van der Waals surface area contributed by atoms with E-state index in [2.05, 4.69) is 15.6 Å². The van der Waals surface area contributed by atoms with Gasteiger partial charge in [-0.05, 0) is 19.4 Å². The second kappa shape index (κ2) is 5.42. The van der Waals surface area contributed by atoms with Crippen LogP contribution in [0.5, 0.6) is 0 Å². The number of nitrogens with zero attached hydrogens (tertiary/aromatic N) is 1. The van der Waals surface area contributed by atoms with Gasteiger partial charge in [0.05, 0.1) is 0 Å². The van der Waals surface area contributed by atoms with Gasteiger partial charge in [0, 0.05) is 24.2 Å². The molecule has 3 nitrogen and oxygen atoms in total. The van der Waals surface area contributed by atoms with E-state index < -0.39 is 0 Å². The molecule has 1 atom stereocenters. The van der Waals surface area contributed by atoms with Crippen molar-refractivity contribution >= 4 is 28.9 Å². The number of aromatic nitrogens is 1. The number of thiazole rings is 1. The molecular formula is C8H14ClN3S. The van der Waals surface area contributed by atoms with Crippen LogP contribution in [-0.2, 0) is 0 Å². The Labute approximate surface area is 88.4 Å². The molecule has 0 saturated carbocycles. The molecule has 0 amide bonds. The lowest BCUT2D eigenvalue weighted by atomic mass is 10.1. The summed E-state index contributed by atoms with van der Waals surface area (Å²) in [6.45, 7) is 2.23. The van der Waals surface area contributed by atoms with Crippen molar-refractivity contribution in [2.75, 3.05) is 18.4 Å². The zero-order valence-electron chi connectivity index (χ0n) is 7.32.